The lowest BCUT2D eigenvalue weighted by Gasteiger charge is -2.17. The van der Waals surface area contributed by atoms with E-state index >= 15 is 0 Å². The third-order valence-electron chi connectivity index (χ3n) is 2.86. The first kappa shape index (κ1) is 16.7. The van der Waals surface area contributed by atoms with Crippen LogP contribution in [0.4, 0.5) is 5.69 Å². The largest absolute Gasteiger partial charge is 0.480 e. The van der Waals surface area contributed by atoms with E-state index in [0.717, 1.165) is 10.0 Å². The molecule has 0 bridgehead atoms. The summed E-state index contributed by atoms with van der Waals surface area (Å²) in [5.74, 6) is -1.30. The second-order valence-electron chi connectivity index (χ2n) is 4.95. The van der Waals surface area contributed by atoms with E-state index in [0.29, 0.717) is 5.69 Å². The molecule has 1 rings (SSSR count). The van der Waals surface area contributed by atoms with Gasteiger partial charge in [-0.05, 0) is 36.6 Å². The van der Waals surface area contributed by atoms with E-state index in [1.807, 2.05) is 19.1 Å². The van der Waals surface area contributed by atoms with E-state index in [1.54, 1.807) is 19.9 Å². The molecule has 0 aromatic heterocycles. The minimum Gasteiger partial charge on any atom is -0.480 e. The van der Waals surface area contributed by atoms with Crippen molar-refractivity contribution in [3.63, 3.8) is 0 Å². The molecule has 1 aromatic carbocycles. The van der Waals surface area contributed by atoms with Crippen LogP contribution in [0.1, 0.15) is 19.4 Å². The number of carbonyl (C=O) groups excluding carboxylic acids is 1. The monoisotopic (exact) mass is 342 g/mol. The topological polar surface area (TPSA) is 78.4 Å². The predicted octanol–water partition coefficient (Wildman–Crippen LogP) is 2.39. The van der Waals surface area contributed by atoms with Crippen molar-refractivity contribution in [2.75, 3.05) is 11.9 Å². The number of nitrogens with one attached hydrogen (secondary N) is 2. The van der Waals surface area contributed by atoms with Crippen LogP contribution in [-0.2, 0) is 9.59 Å². The van der Waals surface area contributed by atoms with Crippen molar-refractivity contribution in [1.82, 2.24) is 5.32 Å². The van der Waals surface area contributed by atoms with Gasteiger partial charge >= 0.3 is 5.97 Å². The number of carboxylic acids is 1. The van der Waals surface area contributed by atoms with E-state index in [-0.39, 0.29) is 18.4 Å². The standard InChI is InChI=1S/C14H19BrN2O3/c1-8(2)13(14(19)20)16-7-12(18)17-10-4-5-11(15)9(3)6-10/h4-6,8,13,16H,7H2,1-3H3,(H,17,18)(H,19,20). The van der Waals surface area contributed by atoms with Crippen LogP contribution in [0.5, 0.6) is 0 Å². The van der Waals surface area contributed by atoms with Gasteiger partial charge in [-0.1, -0.05) is 29.8 Å². The fourth-order valence-electron chi connectivity index (χ4n) is 1.74. The lowest BCUT2D eigenvalue weighted by Crippen LogP contribution is -2.44. The summed E-state index contributed by atoms with van der Waals surface area (Å²) in [6, 6.07) is 4.75. The number of anilines is 1. The van der Waals surface area contributed by atoms with Crippen molar-refractivity contribution in [2.45, 2.75) is 26.8 Å². The van der Waals surface area contributed by atoms with Crippen molar-refractivity contribution in [1.29, 1.82) is 0 Å². The summed E-state index contributed by atoms with van der Waals surface area (Å²) < 4.78 is 0.972. The lowest BCUT2D eigenvalue weighted by molar-refractivity contribution is -0.140. The van der Waals surface area contributed by atoms with Crippen LogP contribution < -0.4 is 10.6 Å². The van der Waals surface area contributed by atoms with Crippen LogP contribution in [0.25, 0.3) is 0 Å². The minimum atomic E-state index is -0.952. The van der Waals surface area contributed by atoms with Gasteiger partial charge in [0.05, 0.1) is 6.54 Å². The van der Waals surface area contributed by atoms with Gasteiger partial charge in [0.2, 0.25) is 5.91 Å². The van der Waals surface area contributed by atoms with Crippen LogP contribution in [0.2, 0.25) is 0 Å². The van der Waals surface area contributed by atoms with Gasteiger partial charge in [-0.15, -0.1) is 0 Å². The number of aliphatic carboxylic acids is 1. The fourth-order valence-corrected chi connectivity index (χ4v) is 1.99. The lowest BCUT2D eigenvalue weighted by atomic mass is 10.1. The van der Waals surface area contributed by atoms with Crippen LogP contribution in [0.15, 0.2) is 22.7 Å². The molecule has 3 N–H and O–H groups in total. The molecule has 6 heteroatoms. The molecule has 0 heterocycles. The summed E-state index contributed by atoms with van der Waals surface area (Å²) in [6.07, 6.45) is 0. The number of amides is 1. The molecule has 0 aliphatic heterocycles. The van der Waals surface area contributed by atoms with E-state index in [9.17, 15) is 9.59 Å². The van der Waals surface area contributed by atoms with Gasteiger partial charge < -0.3 is 10.4 Å². The highest BCUT2D eigenvalue weighted by molar-refractivity contribution is 9.10. The SMILES string of the molecule is Cc1cc(NC(=O)CNC(C(=O)O)C(C)C)ccc1Br. The summed E-state index contributed by atoms with van der Waals surface area (Å²) >= 11 is 3.39. The quantitative estimate of drug-likeness (QED) is 0.741. The average molecular weight is 343 g/mol. The fraction of sp³-hybridized carbons (Fsp3) is 0.429. The summed E-state index contributed by atoms with van der Waals surface area (Å²) in [5, 5.41) is 14.5. The summed E-state index contributed by atoms with van der Waals surface area (Å²) in [7, 11) is 0. The van der Waals surface area contributed by atoms with E-state index in [4.69, 9.17) is 5.11 Å². The second-order valence-corrected chi connectivity index (χ2v) is 5.81. The van der Waals surface area contributed by atoms with Crippen LogP contribution >= 0.6 is 15.9 Å². The van der Waals surface area contributed by atoms with Crippen LogP contribution in [0, 0.1) is 12.8 Å². The molecule has 0 aliphatic rings. The number of benzene rings is 1. The molecule has 1 aromatic rings. The predicted molar refractivity (Wildman–Crippen MR) is 81.8 cm³/mol. The molecule has 0 radical (unpaired) electrons. The maximum Gasteiger partial charge on any atom is 0.320 e. The maximum absolute atomic E-state index is 11.8. The van der Waals surface area contributed by atoms with Gasteiger partial charge in [0.15, 0.2) is 0 Å². The summed E-state index contributed by atoms with van der Waals surface area (Å²) in [4.78, 5) is 22.8. The highest BCUT2D eigenvalue weighted by Gasteiger charge is 2.21. The van der Waals surface area contributed by atoms with Crippen molar-refractivity contribution >= 4 is 33.5 Å². The molecule has 20 heavy (non-hydrogen) atoms. The van der Waals surface area contributed by atoms with Gasteiger partial charge in [-0.3, -0.25) is 14.9 Å². The maximum atomic E-state index is 11.8. The Morgan fingerprint density at radius 3 is 2.50 bits per heavy atom. The van der Waals surface area contributed by atoms with Crippen LogP contribution in [0.3, 0.4) is 0 Å². The van der Waals surface area contributed by atoms with E-state index in [1.165, 1.54) is 0 Å². The Balaban J connectivity index is 2.55. The molecule has 0 aliphatic carbocycles. The average Bonchev–Trinajstić information content (AvgIpc) is 2.33. The number of carboxylic acid groups (broad SMARTS) is 1. The molecule has 0 spiro atoms. The number of carbonyl (C=O) groups is 2. The van der Waals surface area contributed by atoms with E-state index in [2.05, 4.69) is 26.6 Å². The Labute approximate surface area is 126 Å². The van der Waals surface area contributed by atoms with Gasteiger partial charge in [0.25, 0.3) is 0 Å². The normalized spacial score (nSPS) is 12.2. The first-order chi connectivity index (χ1) is 9.31. The molecule has 110 valence electrons. The molecule has 1 atom stereocenters. The van der Waals surface area contributed by atoms with Crippen molar-refractivity contribution in [3.05, 3.63) is 28.2 Å². The minimum absolute atomic E-state index is 0.0374. The summed E-state index contributed by atoms with van der Waals surface area (Å²) in [5.41, 5.74) is 1.70. The number of halogens is 1. The molecular formula is C14H19BrN2O3. The first-order valence-electron chi connectivity index (χ1n) is 6.33. The van der Waals surface area contributed by atoms with Crippen molar-refractivity contribution in [2.24, 2.45) is 5.92 Å². The Morgan fingerprint density at radius 1 is 1.35 bits per heavy atom. The van der Waals surface area contributed by atoms with Crippen molar-refractivity contribution in [3.8, 4) is 0 Å². The van der Waals surface area contributed by atoms with Gasteiger partial charge in [-0.25, -0.2) is 0 Å². The number of hydrogen-bond donors (Lipinski definition) is 3. The molecule has 1 amide bonds. The molecule has 0 saturated heterocycles. The molecular weight excluding hydrogens is 324 g/mol. The third-order valence-corrected chi connectivity index (χ3v) is 3.75. The van der Waals surface area contributed by atoms with Crippen molar-refractivity contribution < 1.29 is 14.7 Å². The van der Waals surface area contributed by atoms with Crippen LogP contribution in [-0.4, -0.2) is 29.6 Å². The zero-order valence-electron chi connectivity index (χ0n) is 11.7. The number of hydrogen-bond acceptors (Lipinski definition) is 3. The highest BCUT2D eigenvalue weighted by atomic mass is 79.9. The Hall–Kier alpha value is -1.40. The number of aryl methyl sites for hydroxylation is 1. The van der Waals surface area contributed by atoms with E-state index < -0.39 is 12.0 Å². The molecule has 1 unspecified atom stereocenters. The summed E-state index contributed by atoms with van der Waals surface area (Å²) in [6.45, 7) is 5.48. The molecule has 5 nitrogen and oxygen atoms in total. The Kier molecular flexibility index (Phi) is 6.16. The Bertz CT molecular complexity index is 503. The van der Waals surface area contributed by atoms with Gasteiger partial charge in [0, 0.05) is 10.2 Å². The third kappa shape index (κ3) is 4.94. The van der Waals surface area contributed by atoms with Gasteiger partial charge in [-0.2, -0.15) is 0 Å². The number of rotatable bonds is 6. The Morgan fingerprint density at radius 2 is 2.00 bits per heavy atom. The van der Waals surface area contributed by atoms with Gasteiger partial charge in [0.1, 0.15) is 6.04 Å². The molecule has 0 saturated carbocycles. The zero-order valence-corrected chi connectivity index (χ0v) is 13.3. The zero-order chi connectivity index (χ0) is 15.3. The smallest absolute Gasteiger partial charge is 0.320 e. The highest BCUT2D eigenvalue weighted by Crippen LogP contribution is 2.19. The second kappa shape index (κ2) is 7.40. The molecule has 0 fully saturated rings. The first-order valence-corrected chi connectivity index (χ1v) is 7.12.